The van der Waals surface area contributed by atoms with Crippen molar-refractivity contribution in [2.24, 2.45) is 0 Å². The lowest BCUT2D eigenvalue weighted by atomic mass is 10.1. The quantitative estimate of drug-likeness (QED) is 0.897. The molecular weight excluding hydrogens is 226 g/mol. The first kappa shape index (κ1) is 12.6. The molecule has 0 radical (unpaired) electrons. The third kappa shape index (κ3) is 3.31. The van der Waals surface area contributed by atoms with E-state index in [1.165, 1.54) is 0 Å². The monoisotopic (exact) mass is 243 g/mol. The van der Waals surface area contributed by atoms with E-state index in [0.717, 1.165) is 22.4 Å². The van der Waals surface area contributed by atoms with Gasteiger partial charge in [0.05, 0.1) is 6.10 Å². The number of aryl methyl sites for hydroxylation is 1. The van der Waals surface area contributed by atoms with E-state index in [9.17, 15) is 5.11 Å². The minimum Gasteiger partial charge on any atom is -0.489 e. The molecule has 2 aromatic rings. The fourth-order valence-corrected chi connectivity index (χ4v) is 1.71. The highest BCUT2D eigenvalue weighted by atomic mass is 16.5. The first-order valence-electron chi connectivity index (χ1n) is 5.96. The number of hydrogen-bond acceptors (Lipinski definition) is 3. The van der Waals surface area contributed by atoms with Crippen molar-refractivity contribution in [3.8, 4) is 5.75 Å². The molecule has 3 heteroatoms. The van der Waals surface area contributed by atoms with Gasteiger partial charge in [0.2, 0.25) is 0 Å². The van der Waals surface area contributed by atoms with Crippen LogP contribution in [-0.2, 0) is 6.61 Å². The molecule has 2 rings (SSSR count). The predicted octanol–water partition coefficient (Wildman–Crippen LogP) is 3.02. The van der Waals surface area contributed by atoms with Gasteiger partial charge in [0.1, 0.15) is 12.4 Å². The van der Waals surface area contributed by atoms with Crippen LogP contribution < -0.4 is 4.74 Å². The van der Waals surface area contributed by atoms with Crippen molar-refractivity contribution in [1.82, 2.24) is 4.98 Å². The Bertz CT molecular complexity index is 506. The molecule has 18 heavy (non-hydrogen) atoms. The van der Waals surface area contributed by atoms with E-state index in [2.05, 4.69) is 11.1 Å². The maximum Gasteiger partial charge on any atom is 0.119 e. The fraction of sp³-hybridized carbons (Fsp3) is 0.267. The zero-order chi connectivity index (χ0) is 13.0. The van der Waals surface area contributed by atoms with E-state index >= 15 is 0 Å². The Kier molecular flexibility index (Phi) is 3.95. The second-order valence-electron chi connectivity index (χ2n) is 4.40. The molecule has 1 aromatic heterocycles. The number of nitrogens with zero attached hydrogens (tertiary/aromatic N) is 1. The van der Waals surface area contributed by atoms with Crippen LogP contribution in [0.1, 0.15) is 29.7 Å². The lowest BCUT2D eigenvalue weighted by Crippen LogP contribution is -1.97. The fourth-order valence-electron chi connectivity index (χ4n) is 1.71. The molecule has 0 bridgehead atoms. The van der Waals surface area contributed by atoms with Crippen LogP contribution >= 0.6 is 0 Å². The summed E-state index contributed by atoms with van der Waals surface area (Å²) in [5, 5.41) is 9.40. The minimum absolute atomic E-state index is 0.444. The van der Waals surface area contributed by atoms with Gasteiger partial charge in [-0.15, -0.1) is 0 Å². The molecule has 0 saturated carbocycles. The summed E-state index contributed by atoms with van der Waals surface area (Å²) in [6.45, 7) is 4.25. The lowest BCUT2D eigenvalue weighted by Gasteiger charge is -2.08. The Morgan fingerprint density at radius 3 is 2.56 bits per heavy atom. The average molecular weight is 243 g/mol. The van der Waals surface area contributed by atoms with Crippen LogP contribution in [0.3, 0.4) is 0 Å². The Hall–Kier alpha value is -1.87. The van der Waals surface area contributed by atoms with Gasteiger partial charge in [0.15, 0.2) is 0 Å². The molecule has 1 N–H and O–H groups in total. The molecular formula is C15H17NO2. The Labute approximate surface area is 107 Å². The summed E-state index contributed by atoms with van der Waals surface area (Å²) in [4.78, 5) is 4.12. The summed E-state index contributed by atoms with van der Waals surface area (Å²) < 4.78 is 5.66. The van der Waals surface area contributed by atoms with Gasteiger partial charge in [0.25, 0.3) is 0 Å². The molecule has 1 heterocycles. The number of rotatable bonds is 4. The van der Waals surface area contributed by atoms with Crippen molar-refractivity contribution in [3.05, 3.63) is 59.4 Å². The molecule has 0 amide bonds. The van der Waals surface area contributed by atoms with Gasteiger partial charge in [-0.05, 0) is 43.2 Å². The third-order valence-electron chi connectivity index (χ3n) is 2.70. The first-order chi connectivity index (χ1) is 8.65. The smallest absolute Gasteiger partial charge is 0.119 e. The maximum atomic E-state index is 9.40. The number of aliphatic hydroxyl groups is 1. The first-order valence-corrected chi connectivity index (χ1v) is 5.96. The van der Waals surface area contributed by atoms with Gasteiger partial charge in [-0.3, -0.25) is 4.98 Å². The van der Waals surface area contributed by atoms with E-state index in [-0.39, 0.29) is 0 Å². The van der Waals surface area contributed by atoms with Gasteiger partial charge in [-0.1, -0.05) is 12.1 Å². The number of aromatic nitrogens is 1. The van der Waals surface area contributed by atoms with Crippen molar-refractivity contribution < 1.29 is 9.84 Å². The van der Waals surface area contributed by atoms with Crippen LogP contribution in [0.4, 0.5) is 0 Å². The third-order valence-corrected chi connectivity index (χ3v) is 2.70. The normalized spacial score (nSPS) is 12.2. The van der Waals surface area contributed by atoms with Crippen molar-refractivity contribution in [3.63, 3.8) is 0 Å². The molecule has 1 unspecified atom stereocenters. The van der Waals surface area contributed by atoms with Gasteiger partial charge >= 0.3 is 0 Å². The zero-order valence-electron chi connectivity index (χ0n) is 10.6. The minimum atomic E-state index is -0.444. The molecule has 0 aliphatic carbocycles. The largest absolute Gasteiger partial charge is 0.489 e. The average Bonchev–Trinajstić information content (AvgIpc) is 2.37. The summed E-state index contributed by atoms with van der Waals surface area (Å²) in [6, 6.07) is 9.52. The molecule has 1 aromatic carbocycles. The Morgan fingerprint density at radius 1 is 1.22 bits per heavy atom. The zero-order valence-corrected chi connectivity index (χ0v) is 10.6. The predicted molar refractivity (Wildman–Crippen MR) is 70.4 cm³/mol. The van der Waals surface area contributed by atoms with E-state index in [4.69, 9.17) is 4.74 Å². The number of aliphatic hydroxyl groups excluding tert-OH is 1. The second kappa shape index (κ2) is 5.65. The van der Waals surface area contributed by atoms with Gasteiger partial charge in [0, 0.05) is 18.0 Å². The molecule has 94 valence electrons. The highest BCUT2D eigenvalue weighted by Crippen LogP contribution is 2.18. The van der Waals surface area contributed by atoms with Gasteiger partial charge < -0.3 is 9.84 Å². The van der Waals surface area contributed by atoms with Crippen LogP contribution in [0.2, 0.25) is 0 Å². The molecule has 0 saturated heterocycles. The number of benzene rings is 1. The molecule has 0 aliphatic rings. The topological polar surface area (TPSA) is 42.4 Å². The van der Waals surface area contributed by atoms with E-state index < -0.39 is 6.10 Å². The van der Waals surface area contributed by atoms with Crippen LogP contribution in [0.15, 0.2) is 42.7 Å². The van der Waals surface area contributed by atoms with E-state index in [1.807, 2.05) is 37.4 Å². The molecule has 3 nitrogen and oxygen atoms in total. The molecule has 1 atom stereocenters. The van der Waals surface area contributed by atoms with Gasteiger partial charge in [-0.25, -0.2) is 0 Å². The molecule has 0 fully saturated rings. The lowest BCUT2D eigenvalue weighted by molar-refractivity contribution is 0.199. The standard InChI is InChI=1S/C15H17NO2/c1-11-7-13(9-16-8-11)10-18-15-5-3-14(4-6-15)12(2)17/h3-9,12,17H,10H2,1-2H3. The van der Waals surface area contributed by atoms with Crippen molar-refractivity contribution in [2.45, 2.75) is 26.6 Å². The summed E-state index contributed by atoms with van der Waals surface area (Å²) >= 11 is 0. The highest BCUT2D eigenvalue weighted by molar-refractivity contribution is 5.28. The molecule has 0 aliphatic heterocycles. The number of hydrogen-bond donors (Lipinski definition) is 1. The van der Waals surface area contributed by atoms with Crippen molar-refractivity contribution >= 4 is 0 Å². The summed E-state index contributed by atoms with van der Waals surface area (Å²) in [5.41, 5.74) is 3.06. The van der Waals surface area contributed by atoms with Crippen LogP contribution in [0.5, 0.6) is 5.75 Å². The maximum absolute atomic E-state index is 9.40. The van der Waals surface area contributed by atoms with Crippen LogP contribution in [-0.4, -0.2) is 10.1 Å². The summed E-state index contributed by atoms with van der Waals surface area (Å²) in [7, 11) is 0. The van der Waals surface area contributed by atoms with Crippen molar-refractivity contribution in [2.75, 3.05) is 0 Å². The summed E-state index contributed by atoms with van der Waals surface area (Å²) in [6.07, 6.45) is 3.18. The molecule has 0 spiro atoms. The van der Waals surface area contributed by atoms with Gasteiger partial charge in [-0.2, -0.15) is 0 Å². The summed E-state index contributed by atoms with van der Waals surface area (Å²) in [5.74, 6) is 0.793. The second-order valence-corrected chi connectivity index (χ2v) is 4.40. The highest BCUT2D eigenvalue weighted by Gasteiger charge is 2.01. The van der Waals surface area contributed by atoms with E-state index in [0.29, 0.717) is 6.61 Å². The Morgan fingerprint density at radius 2 is 1.94 bits per heavy atom. The van der Waals surface area contributed by atoms with Crippen molar-refractivity contribution in [1.29, 1.82) is 0 Å². The number of pyridine rings is 1. The number of ether oxygens (including phenoxy) is 1. The van der Waals surface area contributed by atoms with E-state index in [1.54, 1.807) is 13.1 Å². The van der Waals surface area contributed by atoms with Crippen LogP contribution in [0.25, 0.3) is 0 Å². The van der Waals surface area contributed by atoms with Crippen LogP contribution in [0, 0.1) is 6.92 Å². The Balaban J connectivity index is 1.98. The SMILES string of the molecule is Cc1cncc(COc2ccc(C(C)O)cc2)c1.